The molecule has 9 nitrogen and oxygen atoms in total. The van der Waals surface area contributed by atoms with Crippen LogP contribution in [0.5, 0.6) is 0 Å². The number of anilines is 2. The number of hydrogen-bond donors (Lipinski definition) is 2. The molecule has 1 amide bonds. The van der Waals surface area contributed by atoms with E-state index in [-0.39, 0.29) is 23.8 Å². The Bertz CT molecular complexity index is 751. The molecular formula is C14H17FN4O5. The van der Waals surface area contributed by atoms with Gasteiger partial charge in [-0.3, -0.25) is 24.3 Å². The number of ether oxygens (including phenoxy) is 2. The van der Waals surface area contributed by atoms with Crippen LogP contribution in [-0.4, -0.2) is 46.5 Å². The summed E-state index contributed by atoms with van der Waals surface area (Å²) in [6.45, 7) is 2.86. The van der Waals surface area contributed by atoms with Crippen LogP contribution >= 0.6 is 0 Å². The van der Waals surface area contributed by atoms with Crippen LogP contribution in [0.1, 0.15) is 25.8 Å². The van der Waals surface area contributed by atoms with Crippen molar-refractivity contribution in [1.82, 2.24) is 9.97 Å². The zero-order valence-electron chi connectivity index (χ0n) is 13.1. The predicted octanol–water partition coefficient (Wildman–Crippen LogP) is -0.354. The van der Waals surface area contributed by atoms with Crippen molar-refractivity contribution in [3.05, 3.63) is 15.9 Å². The van der Waals surface area contributed by atoms with Crippen molar-refractivity contribution >= 4 is 23.6 Å². The van der Waals surface area contributed by atoms with E-state index in [1.54, 1.807) is 6.92 Å². The van der Waals surface area contributed by atoms with E-state index in [2.05, 4.69) is 9.97 Å². The van der Waals surface area contributed by atoms with E-state index in [9.17, 15) is 18.8 Å². The van der Waals surface area contributed by atoms with Gasteiger partial charge in [-0.1, -0.05) is 6.92 Å². The number of nitrogens with one attached hydrogen (secondary N) is 1. The van der Waals surface area contributed by atoms with Crippen LogP contribution in [0.4, 0.5) is 16.2 Å². The molecule has 0 radical (unpaired) electrons. The first-order valence-electron chi connectivity index (χ1n) is 7.51. The van der Waals surface area contributed by atoms with Gasteiger partial charge in [0.25, 0.3) is 5.56 Å². The highest BCUT2D eigenvalue weighted by molar-refractivity contribution is 6.00. The Hall–Kier alpha value is -2.49. The maximum absolute atomic E-state index is 14.5. The molecule has 1 aromatic rings. The summed E-state index contributed by atoms with van der Waals surface area (Å²) in [5.41, 5.74) is 5.11. The van der Waals surface area contributed by atoms with Crippen molar-refractivity contribution in [2.24, 2.45) is 0 Å². The third kappa shape index (κ3) is 2.52. The topological polar surface area (TPSA) is 128 Å². The fourth-order valence-electron chi connectivity index (χ4n) is 3.02. The first-order valence-corrected chi connectivity index (χ1v) is 7.51. The number of H-pyrrole nitrogens is 1. The molecule has 2 aliphatic rings. The summed E-state index contributed by atoms with van der Waals surface area (Å²) in [7, 11) is 0. The van der Waals surface area contributed by atoms with E-state index in [0.29, 0.717) is 6.42 Å². The Morgan fingerprint density at radius 3 is 2.88 bits per heavy atom. The highest BCUT2D eigenvalue weighted by atomic mass is 19.1. The van der Waals surface area contributed by atoms with Crippen LogP contribution in [-0.2, 0) is 25.5 Å². The van der Waals surface area contributed by atoms with Gasteiger partial charge in [0.05, 0.1) is 18.1 Å². The number of aromatic nitrogens is 2. The molecular weight excluding hydrogens is 323 g/mol. The molecule has 0 spiro atoms. The van der Waals surface area contributed by atoms with Gasteiger partial charge in [0, 0.05) is 6.92 Å². The Morgan fingerprint density at radius 1 is 1.54 bits per heavy atom. The van der Waals surface area contributed by atoms with Gasteiger partial charge < -0.3 is 15.2 Å². The average Bonchev–Trinajstić information content (AvgIpc) is 2.97. The van der Waals surface area contributed by atoms with E-state index in [4.69, 9.17) is 15.2 Å². The molecule has 0 saturated carbocycles. The van der Waals surface area contributed by atoms with Gasteiger partial charge in [-0.05, 0) is 6.42 Å². The fourth-order valence-corrected chi connectivity index (χ4v) is 3.02. The van der Waals surface area contributed by atoms with Crippen molar-refractivity contribution in [3.63, 3.8) is 0 Å². The number of amides is 1. The third-order valence-electron chi connectivity index (χ3n) is 4.06. The molecule has 0 bridgehead atoms. The normalized spacial score (nSPS) is 29.0. The van der Waals surface area contributed by atoms with Gasteiger partial charge in [0.15, 0.2) is 24.3 Å². The number of nitrogen functional groups attached to an aromatic ring is 1. The van der Waals surface area contributed by atoms with Gasteiger partial charge in [-0.2, -0.15) is 4.98 Å². The molecule has 2 aliphatic heterocycles. The number of alkyl halides is 1. The quantitative estimate of drug-likeness (QED) is 0.720. The van der Waals surface area contributed by atoms with E-state index >= 15 is 0 Å². The average molecular weight is 340 g/mol. The number of nitrogens with two attached hydrogens (primary N) is 1. The number of carbonyl (C=O) groups excluding carboxylic acids is 2. The van der Waals surface area contributed by atoms with Crippen molar-refractivity contribution in [1.29, 1.82) is 0 Å². The van der Waals surface area contributed by atoms with Crippen LogP contribution in [0.25, 0.3) is 0 Å². The number of esters is 1. The number of nitrogens with zero attached hydrogens (tertiary/aromatic N) is 2. The zero-order chi connectivity index (χ0) is 17.6. The lowest BCUT2D eigenvalue weighted by Gasteiger charge is -2.27. The summed E-state index contributed by atoms with van der Waals surface area (Å²) in [5.74, 6) is -1.37. The zero-order valence-corrected chi connectivity index (χ0v) is 13.1. The lowest BCUT2D eigenvalue weighted by atomic mass is 10.1. The highest BCUT2D eigenvalue weighted by Crippen LogP contribution is 2.36. The lowest BCUT2D eigenvalue weighted by molar-refractivity contribution is -0.152. The molecule has 24 heavy (non-hydrogen) atoms. The minimum atomic E-state index is -1.60. The second-order valence-electron chi connectivity index (χ2n) is 5.69. The van der Waals surface area contributed by atoms with Crippen LogP contribution in [0.3, 0.4) is 0 Å². The number of halogens is 1. The van der Waals surface area contributed by atoms with E-state index in [1.165, 1.54) is 0 Å². The maximum atomic E-state index is 14.5. The van der Waals surface area contributed by atoms with Crippen LogP contribution < -0.4 is 16.2 Å². The summed E-state index contributed by atoms with van der Waals surface area (Å²) in [6.07, 6.45) is -4.82. The monoisotopic (exact) mass is 340 g/mol. The van der Waals surface area contributed by atoms with Gasteiger partial charge in [0.2, 0.25) is 11.9 Å². The molecule has 4 atom stereocenters. The van der Waals surface area contributed by atoms with Gasteiger partial charge in [-0.25, -0.2) is 4.39 Å². The summed E-state index contributed by atoms with van der Waals surface area (Å²) in [5, 5.41) is 0. The number of aromatic amines is 1. The SMILES string of the molecule is CC[C@H]1O[C@@H](N2C(=O)Cc3c2nc(N)[nH]c3=O)[C@H](OC(C)=O)[C@@H]1F. The number of rotatable bonds is 3. The smallest absolute Gasteiger partial charge is 0.303 e. The molecule has 3 N–H and O–H groups in total. The standard InChI is InChI=1S/C14H17FN4O5/c1-3-7-9(15)10(23-5(2)20)13(24-7)19-8(21)4-6-11(19)17-14(16)18-12(6)22/h7,9-10,13H,3-4H2,1-2H3,(H3,16,17,18,22)/t7-,9-,10-,13-/m1/s1. The summed E-state index contributed by atoms with van der Waals surface area (Å²) in [6, 6.07) is 0. The van der Waals surface area contributed by atoms with Crippen LogP contribution in [0.2, 0.25) is 0 Å². The van der Waals surface area contributed by atoms with Crippen LogP contribution in [0, 0.1) is 0 Å². The molecule has 130 valence electrons. The van der Waals surface area contributed by atoms with Gasteiger partial charge >= 0.3 is 5.97 Å². The van der Waals surface area contributed by atoms with Crippen molar-refractivity contribution in [2.75, 3.05) is 10.6 Å². The van der Waals surface area contributed by atoms with Crippen molar-refractivity contribution in [3.8, 4) is 0 Å². The molecule has 3 rings (SSSR count). The minimum absolute atomic E-state index is 0.00681. The Kier molecular flexibility index (Phi) is 3.99. The Labute approximate surface area is 135 Å². The first kappa shape index (κ1) is 16.4. The van der Waals surface area contributed by atoms with E-state index in [1.807, 2.05) is 0 Å². The molecule has 3 heterocycles. The second-order valence-corrected chi connectivity index (χ2v) is 5.69. The first-order chi connectivity index (χ1) is 11.3. The van der Waals surface area contributed by atoms with E-state index < -0.39 is 42.0 Å². The fraction of sp³-hybridized carbons (Fsp3) is 0.571. The molecule has 1 aromatic heterocycles. The maximum Gasteiger partial charge on any atom is 0.303 e. The number of fused-ring (bicyclic) bond motifs is 1. The third-order valence-corrected chi connectivity index (χ3v) is 4.06. The van der Waals surface area contributed by atoms with E-state index in [0.717, 1.165) is 11.8 Å². The summed E-state index contributed by atoms with van der Waals surface area (Å²) >= 11 is 0. The van der Waals surface area contributed by atoms with Crippen molar-refractivity contribution < 1.29 is 23.5 Å². The molecule has 10 heteroatoms. The van der Waals surface area contributed by atoms with Crippen molar-refractivity contribution in [2.45, 2.75) is 51.3 Å². The Balaban J connectivity index is 2.03. The number of hydrogen-bond acceptors (Lipinski definition) is 7. The van der Waals surface area contributed by atoms with Gasteiger partial charge in [0.1, 0.15) is 0 Å². The molecule has 1 fully saturated rings. The number of carbonyl (C=O) groups is 2. The molecule has 0 aromatic carbocycles. The summed E-state index contributed by atoms with van der Waals surface area (Å²) < 4.78 is 25.1. The molecule has 1 saturated heterocycles. The van der Waals surface area contributed by atoms with Gasteiger partial charge in [-0.15, -0.1) is 0 Å². The lowest BCUT2D eigenvalue weighted by Crippen LogP contribution is -2.47. The molecule has 0 aliphatic carbocycles. The minimum Gasteiger partial charge on any atom is -0.454 e. The largest absolute Gasteiger partial charge is 0.454 e. The Morgan fingerprint density at radius 2 is 2.25 bits per heavy atom. The summed E-state index contributed by atoms with van der Waals surface area (Å²) in [4.78, 5) is 42.9. The van der Waals surface area contributed by atoms with Crippen LogP contribution in [0.15, 0.2) is 4.79 Å². The predicted molar refractivity (Wildman–Crippen MR) is 79.9 cm³/mol. The second kappa shape index (κ2) is 5.86. The highest BCUT2D eigenvalue weighted by Gasteiger charge is 2.53. The molecule has 0 unspecified atom stereocenters.